The first kappa shape index (κ1) is 81.9. The van der Waals surface area contributed by atoms with Gasteiger partial charge in [0.05, 0.1) is 84.9 Å². The summed E-state index contributed by atoms with van der Waals surface area (Å²) < 4.78 is 93.5. The fraction of sp³-hybridized carbons (Fsp3) is 0.267. The standard InChI is InChI=1S/C30H28F2N6O3.C29H27F3N6O3.C27H26N6O3/c1-4-6-25(39)37-14-12-21(18-37)28-36-27(23-16-33-17-26(38(23)28)41-5-2)19-7-9-20(10-8-19)29(40)35-24-15-22(11-13-34-24)30(3,31)32;1-4-24(39)37-11-9-18(16-37)27-36-26(22-14-33-15-25(38(22)27)41-5-2)20-7-6-17(12-21(20)30)28(40)35-23-13-19(8-10-34-23)29(3,31)32;1-3-23(34)32-14-12-20(17-32)26-31-25(21-15-28-16-24(33(21)26)36-4-2)18-8-10-19(11-9-18)27(35)30-22-7-5-6-13-29-22/h7-11,13,15-17,21H,5,12,14,18H2,1-3H3,(H,34,35,40);4,6-8,10,12-15,18H,1,5,9,11,16H2,2-3H3,(H,34,35,40);3,5-11,13,15-16,20H,1,4,12,14,17H2,2H3,(H,29,30,35)/t21-;18-;20-/m111/s1. The Morgan fingerprint density at radius 1 is 0.492 bits per heavy atom. The van der Waals surface area contributed by atoms with Crippen molar-refractivity contribution in [2.75, 3.05) is 75.0 Å². The van der Waals surface area contributed by atoms with Gasteiger partial charge < -0.3 is 44.9 Å². The van der Waals surface area contributed by atoms with E-state index >= 15 is 4.39 Å². The topological polar surface area (TPSA) is 305 Å². The maximum atomic E-state index is 15.6. The third kappa shape index (κ3) is 18.0. The molecule has 3 fully saturated rings. The number of imidazole rings is 3. The molecular formula is C86H81F5N18O9. The molecule has 0 radical (unpaired) electrons. The molecule has 0 bridgehead atoms. The highest BCUT2D eigenvalue weighted by Gasteiger charge is 2.36. The Kier molecular flexibility index (Phi) is 24.8. The van der Waals surface area contributed by atoms with E-state index in [1.165, 1.54) is 36.5 Å². The molecule has 0 unspecified atom stereocenters. The number of nitrogens with zero attached hydrogens (tertiary/aromatic N) is 15. The van der Waals surface area contributed by atoms with E-state index in [0.717, 1.165) is 96.7 Å². The van der Waals surface area contributed by atoms with Crippen LogP contribution in [0.1, 0.15) is 138 Å². The SMILES string of the molecule is C=CC(=O)N1CC[C@@H](c2nc(-c3ccc(C(=O)Nc4cc(C(C)(F)F)ccn4)cc3F)c3cncc(OCC)n23)C1.C=CC(=O)N1CC[C@@H](c2nc(-c3ccc(C(=O)Nc4ccccn4)cc3)c3cncc(OCC)n23)C1.CC#CC(=O)N1CC[C@@H](c2nc(-c3ccc(C(=O)Nc4cc(C(C)(F)F)ccn4)cc3)c3cncc(OCC)n23)C1. The van der Waals surface area contributed by atoms with E-state index in [-0.39, 0.29) is 75.3 Å². The van der Waals surface area contributed by atoms with Crippen molar-refractivity contribution >= 4 is 69.4 Å². The molecule has 3 atom stereocenters. The second-order valence-electron chi connectivity index (χ2n) is 27.8. The summed E-state index contributed by atoms with van der Waals surface area (Å²) in [6.07, 6.45) is 18.7. The number of rotatable bonds is 22. The van der Waals surface area contributed by atoms with Gasteiger partial charge in [-0.3, -0.25) is 56.9 Å². The molecule has 9 aromatic heterocycles. The van der Waals surface area contributed by atoms with Gasteiger partial charge in [-0.05, 0) is 144 Å². The van der Waals surface area contributed by atoms with Crippen LogP contribution in [0.5, 0.6) is 17.6 Å². The number of benzene rings is 3. The maximum absolute atomic E-state index is 15.6. The van der Waals surface area contributed by atoms with Gasteiger partial charge in [0.15, 0.2) is 0 Å². The Morgan fingerprint density at radius 3 is 1.28 bits per heavy atom. The molecule has 12 aromatic rings. The minimum absolute atomic E-state index is 0.0337. The molecule has 3 aromatic carbocycles. The third-order valence-corrected chi connectivity index (χ3v) is 19.9. The summed E-state index contributed by atoms with van der Waals surface area (Å²) in [5, 5.41) is 7.80. The quantitative estimate of drug-likeness (QED) is 0.0322. The van der Waals surface area contributed by atoms with Crippen molar-refractivity contribution in [2.24, 2.45) is 0 Å². The van der Waals surface area contributed by atoms with Crippen LogP contribution in [0.15, 0.2) is 190 Å². The fourth-order valence-corrected chi connectivity index (χ4v) is 14.2. The lowest BCUT2D eigenvalue weighted by molar-refractivity contribution is -0.125. The Bertz CT molecular complexity index is 5860. The number of likely N-dealkylation sites (tertiary alicyclic amines) is 3. The van der Waals surface area contributed by atoms with Gasteiger partial charge in [0.1, 0.15) is 46.4 Å². The summed E-state index contributed by atoms with van der Waals surface area (Å²) in [4.78, 5) is 120. The van der Waals surface area contributed by atoms with Gasteiger partial charge >= 0.3 is 0 Å². The number of alkyl halides is 4. The van der Waals surface area contributed by atoms with Crippen molar-refractivity contribution in [3.8, 4) is 63.3 Å². The molecule has 6 amide bonds. The Balaban J connectivity index is 0.000000154. The van der Waals surface area contributed by atoms with Crippen molar-refractivity contribution in [3.05, 3.63) is 241 Å². The van der Waals surface area contributed by atoms with E-state index in [1.54, 1.807) is 118 Å². The lowest BCUT2D eigenvalue weighted by Gasteiger charge is -2.14. The van der Waals surface area contributed by atoms with Gasteiger partial charge in [-0.1, -0.05) is 49.4 Å². The van der Waals surface area contributed by atoms with Crippen molar-refractivity contribution < 1.29 is 64.9 Å². The largest absolute Gasteiger partial charge is 0.478 e. The summed E-state index contributed by atoms with van der Waals surface area (Å²) in [6.45, 7) is 20.5. The first-order chi connectivity index (χ1) is 56.9. The van der Waals surface area contributed by atoms with Crippen LogP contribution in [0.2, 0.25) is 0 Å². The highest BCUT2D eigenvalue weighted by Crippen LogP contribution is 2.40. The van der Waals surface area contributed by atoms with E-state index < -0.39 is 29.5 Å². The van der Waals surface area contributed by atoms with Crippen molar-refractivity contribution in [3.63, 3.8) is 0 Å². The van der Waals surface area contributed by atoms with Gasteiger partial charge in [0.25, 0.3) is 35.5 Å². The van der Waals surface area contributed by atoms with E-state index in [9.17, 15) is 46.3 Å². The number of aromatic nitrogens is 12. The van der Waals surface area contributed by atoms with Crippen molar-refractivity contribution in [1.29, 1.82) is 0 Å². The molecule has 32 heteroatoms. The van der Waals surface area contributed by atoms with E-state index in [0.29, 0.717) is 123 Å². The molecule has 3 saturated heterocycles. The zero-order valence-electron chi connectivity index (χ0n) is 65.1. The number of nitrogens with one attached hydrogen (secondary N) is 3. The number of carbonyl (C=O) groups is 6. The highest BCUT2D eigenvalue weighted by molar-refractivity contribution is 6.06. The lowest BCUT2D eigenvalue weighted by Crippen LogP contribution is -2.27. The van der Waals surface area contributed by atoms with Crippen LogP contribution in [-0.4, -0.2) is 167 Å². The summed E-state index contributed by atoms with van der Waals surface area (Å²) in [7, 11) is 0. The zero-order chi connectivity index (χ0) is 83.5. The predicted molar refractivity (Wildman–Crippen MR) is 430 cm³/mol. The van der Waals surface area contributed by atoms with Gasteiger partial charge in [0, 0.05) is 134 Å². The zero-order valence-corrected chi connectivity index (χ0v) is 65.1. The number of anilines is 3. The van der Waals surface area contributed by atoms with Gasteiger partial charge in [-0.2, -0.15) is 0 Å². The van der Waals surface area contributed by atoms with Crippen LogP contribution in [0.3, 0.4) is 0 Å². The molecular weight excluding hydrogens is 1520 g/mol. The summed E-state index contributed by atoms with van der Waals surface area (Å²) in [6, 6.07) is 27.9. The number of hydrogen-bond donors (Lipinski definition) is 3. The van der Waals surface area contributed by atoms with Crippen molar-refractivity contribution in [2.45, 2.75) is 90.4 Å². The molecule has 15 rings (SSSR count). The van der Waals surface area contributed by atoms with E-state index in [2.05, 4.69) is 70.9 Å². The number of carbonyl (C=O) groups excluding carboxylic acids is 6. The Morgan fingerprint density at radius 2 is 0.881 bits per heavy atom. The molecule has 3 aliphatic heterocycles. The number of pyridine rings is 3. The summed E-state index contributed by atoms with van der Waals surface area (Å²) in [5.74, 6) is 0.517. The van der Waals surface area contributed by atoms with Crippen LogP contribution >= 0.6 is 0 Å². The second kappa shape index (κ2) is 35.7. The monoisotopic (exact) mass is 1600 g/mol. The van der Waals surface area contributed by atoms with E-state index in [4.69, 9.17) is 29.2 Å². The highest BCUT2D eigenvalue weighted by atomic mass is 19.3. The molecule has 0 aliphatic carbocycles. The number of hydrogen-bond acceptors (Lipinski definition) is 18. The number of fused-ring (bicyclic) bond motifs is 3. The minimum atomic E-state index is -3.11. The average Bonchev–Trinajstić information content (AvgIpc) is 1.61. The van der Waals surface area contributed by atoms with Crippen LogP contribution in [0.4, 0.5) is 39.4 Å². The predicted octanol–water partition coefficient (Wildman–Crippen LogP) is 14.0. The molecule has 3 aliphatic rings. The smallest absolute Gasteiger partial charge is 0.298 e. The molecule has 118 heavy (non-hydrogen) atoms. The first-order valence-electron chi connectivity index (χ1n) is 37.9. The fourth-order valence-electron chi connectivity index (χ4n) is 14.2. The average molecular weight is 1610 g/mol. The van der Waals surface area contributed by atoms with Crippen LogP contribution < -0.4 is 30.2 Å². The third-order valence-electron chi connectivity index (χ3n) is 19.9. The molecule has 12 heterocycles. The van der Waals surface area contributed by atoms with Crippen LogP contribution in [0, 0.1) is 17.7 Å². The first-order valence-corrected chi connectivity index (χ1v) is 37.9. The molecule has 27 nitrogen and oxygen atoms in total. The van der Waals surface area contributed by atoms with Crippen LogP contribution in [-0.2, 0) is 26.2 Å². The van der Waals surface area contributed by atoms with Crippen molar-refractivity contribution in [1.82, 2.24) is 72.8 Å². The van der Waals surface area contributed by atoms with E-state index in [1.807, 2.05) is 47.8 Å². The minimum Gasteiger partial charge on any atom is -0.478 e. The molecule has 0 spiro atoms. The van der Waals surface area contributed by atoms with Crippen LogP contribution in [0.25, 0.3) is 50.3 Å². The maximum Gasteiger partial charge on any atom is 0.298 e. The number of ether oxygens (including phenoxy) is 3. The number of amides is 6. The molecule has 604 valence electrons. The molecule has 3 N–H and O–H groups in total. The molecule has 0 saturated carbocycles. The van der Waals surface area contributed by atoms with Gasteiger partial charge in [-0.25, -0.2) is 51.9 Å². The normalized spacial score (nSPS) is 15.1. The lowest BCUT2D eigenvalue weighted by atomic mass is 10.1. The summed E-state index contributed by atoms with van der Waals surface area (Å²) in [5.41, 5.74) is 5.68. The summed E-state index contributed by atoms with van der Waals surface area (Å²) >= 11 is 0. The van der Waals surface area contributed by atoms with Gasteiger partial charge in [0.2, 0.25) is 29.5 Å². The second-order valence-corrected chi connectivity index (χ2v) is 27.8. The number of halogens is 5. The Labute approximate surface area is 674 Å². The Hall–Kier alpha value is -14.1. The van der Waals surface area contributed by atoms with Gasteiger partial charge in [-0.15, -0.1) is 0 Å².